The van der Waals surface area contributed by atoms with Crippen LogP contribution in [0.15, 0.2) is 29.4 Å². The number of aromatic nitrogens is 5. The number of thioether (sulfide) groups is 1. The van der Waals surface area contributed by atoms with E-state index < -0.39 is 0 Å². The lowest BCUT2D eigenvalue weighted by molar-refractivity contribution is -0.113. The van der Waals surface area contributed by atoms with Gasteiger partial charge in [0.1, 0.15) is 16.6 Å². The van der Waals surface area contributed by atoms with Crippen molar-refractivity contribution in [3.05, 3.63) is 40.7 Å². The van der Waals surface area contributed by atoms with Gasteiger partial charge < -0.3 is 14.6 Å². The maximum absolute atomic E-state index is 12.2. The van der Waals surface area contributed by atoms with E-state index in [4.69, 9.17) is 4.74 Å². The first-order chi connectivity index (χ1) is 15.0. The minimum Gasteiger partial charge on any atom is -0.497 e. The van der Waals surface area contributed by atoms with Gasteiger partial charge in [0.15, 0.2) is 5.16 Å². The van der Waals surface area contributed by atoms with Crippen molar-refractivity contribution in [2.24, 2.45) is 7.05 Å². The summed E-state index contributed by atoms with van der Waals surface area (Å²) in [7, 11) is 3.41. The van der Waals surface area contributed by atoms with Crippen LogP contribution in [0.2, 0.25) is 0 Å². The third kappa shape index (κ3) is 6.25. The van der Waals surface area contributed by atoms with Gasteiger partial charge in [0.2, 0.25) is 11.0 Å². The Labute approximate surface area is 187 Å². The summed E-state index contributed by atoms with van der Waals surface area (Å²) in [5.41, 5.74) is 0.558. The minimum absolute atomic E-state index is 0.168. The molecule has 3 rings (SSSR count). The van der Waals surface area contributed by atoms with Crippen LogP contribution < -0.4 is 15.4 Å². The fourth-order valence-corrected chi connectivity index (χ4v) is 3.98. The largest absolute Gasteiger partial charge is 0.497 e. The zero-order chi connectivity index (χ0) is 22.2. The Bertz CT molecular complexity index is 1030. The molecule has 12 heteroatoms. The molecule has 10 nitrogen and oxygen atoms in total. The molecule has 2 N–H and O–H groups in total. The molecular weight excluding hydrogens is 438 g/mol. The summed E-state index contributed by atoms with van der Waals surface area (Å²) in [4.78, 5) is 24.3. The van der Waals surface area contributed by atoms with Crippen molar-refractivity contribution < 1.29 is 14.3 Å². The molecule has 0 bridgehead atoms. The molecule has 0 radical (unpaired) electrons. The molecule has 31 heavy (non-hydrogen) atoms. The third-order valence-corrected chi connectivity index (χ3v) is 6.26. The van der Waals surface area contributed by atoms with Crippen molar-refractivity contribution in [2.45, 2.75) is 24.9 Å². The van der Waals surface area contributed by atoms with E-state index in [2.05, 4.69) is 31.0 Å². The number of amides is 2. The first-order valence-corrected chi connectivity index (χ1v) is 11.4. The summed E-state index contributed by atoms with van der Waals surface area (Å²) in [6.45, 7) is 2.40. The van der Waals surface area contributed by atoms with Crippen molar-refractivity contribution in [1.29, 1.82) is 0 Å². The number of hydrogen-bond acceptors (Lipinski definition) is 9. The molecule has 0 spiro atoms. The SMILES string of the molecule is CCc1nnc(NC(=O)CSc2nnc(CCNC(=O)c3ccc(OC)cc3)n2C)s1. The van der Waals surface area contributed by atoms with Gasteiger partial charge in [-0.05, 0) is 30.7 Å². The van der Waals surface area contributed by atoms with E-state index in [1.165, 1.54) is 23.1 Å². The zero-order valence-electron chi connectivity index (χ0n) is 17.4. The molecule has 2 amide bonds. The summed E-state index contributed by atoms with van der Waals surface area (Å²) in [5.74, 6) is 1.25. The van der Waals surface area contributed by atoms with E-state index in [1.54, 1.807) is 31.4 Å². The van der Waals surface area contributed by atoms with Gasteiger partial charge in [-0.1, -0.05) is 30.0 Å². The summed E-state index contributed by atoms with van der Waals surface area (Å²) < 4.78 is 6.91. The van der Waals surface area contributed by atoms with E-state index in [0.717, 1.165) is 17.3 Å². The Morgan fingerprint density at radius 3 is 2.61 bits per heavy atom. The molecule has 2 aromatic heterocycles. The van der Waals surface area contributed by atoms with Gasteiger partial charge in [-0.15, -0.1) is 20.4 Å². The number of rotatable bonds is 10. The maximum atomic E-state index is 12.2. The number of carbonyl (C=O) groups is 2. The third-order valence-electron chi connectivity index (χ3n) is 4.26. The Morgan fingerprint density at radius 2 is 1.94 bits per heavy atom. The summed E-state index contributed by atoms with van der Waals surface area (Å²) in [6, 6.07) is 6.90. The summed E-state index contributed by atoms with van der Waals surface area (Å²) in [6.07, 6.45) is 1.30. The van der Waals surface area contributed by atoms with Crippen LogP contribution in [0.4, 0.5) is 5.13 Å². The van der Waals surface area contributed by atoms with Gasteiger partial charge in [-0.3, -0.25) is 14.9 Å². The Hall–Kier alpha value is -2.99. The average molecular weight is 462 g/mol. The second kappa shape index (κ2) is 10.9. The molecule has 0 atom stereocenters. The zero-order valence-corrected chi connectivity index (χ0v) is 19.0. The fourth-order valence-electron chi connectivity index (χ4n) is 2.55. The van der Waals surface area contributed by atoms with Crippen LogP contribution in [0.5, 0.6) is 5.75 Å². The number of carbonyl (C=O) groups excluding carboxylic acids is 2. The van der Waals surface area contributed by atoms with Gasteiger partial charge in [0.05, 0.1) is 12.9 Å². The Balaban J connectivity index is 1.44. The fraction of sp³-hybridized carbons (Fsp3) is 0.368. The van der Waals surface area contributed by atoms with E-state index in [9.17, 15) is 9.59 Å². The number of benzene rings is 1. The molecule has 164 valence electrons. The lowest BCUT2D eigenvalue weighted by Gasteiger charge is -2.07. The lowest BCUT2D eigenvalue weighted by Crippen LogP contribution is -2.26. The quantitative estimate of drug-likeness (QED) is 0.439. The van der Waals surface area contributed by atoms with Crippen LogP contribution in [-0.2, 0) is 24.7 Å². The number of aryl methyl sites for hydroxylation is 1. The van der Waals surface area contributed by atoms with Gasteiger partial charge in [0, 0.05) is 25.6 Å². The number of anilines is 1. The molecule has 0 aliphatic rings. The summed E-state index contributed by atoms with van der Waals surface area (Å²) in [5, 5.41) is 23.8. The van der Waals surface area contributed by atoms with Crippen molar-refractivity contribution in [2.75, 3.05) is 24.7 Å². The normalized spacial score (nSPS) is 10.7. The van der Waals surface area contributed by atoms with Gasteiger partial charge in [0.25, 0.3) is 5.91 Å². The molecule has 0 saturated carbocycles. The number of methoxy groups -OCH3 is 1. The van der Waals surface area contributed by atoms with E-state index in [-0.39, 0.29) is 17.6 Å². The molecule has 0 fully saturated rings. The molecular formula is C19H23N7O3S2. The highest BCUT2D eigenvalue weighted by molar-refractivity contribution is 7.99. The highest BCUT2D eigenvalue weighted by atomic mass is 32.2. The van der Waals surface area contributed by atoms with Crippen LogP contribution in [0, 0.1) is 0 Å². The highest BCUT2D eigenvalue weighted by Crippen LogP contribution is 2.18. The maximum Gasteiger partial charge on any atom is 0.251 e. The number of hydrogen-bond donors (Lipinski definition) is 2. The molecule has 1 aromatic carbocycles. The lowest BCUT2D eigenvalue weighted by atomic mass is 10.2. The smallest absolute Gasteiger partial charge is 0.251 e. The van der Waals surface area contributed by atoms with Crippen molar-refractivity contribution >= 4 is 40.0 Å². The van der Waals surface area contributed by atoms with E-state index in [1.807, 2.05) is 18.5 Å². The second-order valence-corrected chi connectivity index (χ2v) is 8.39. The van der Waals surface area contributed by atoms with Gasteiger partial charge in [-0.25, -0.2) is 0 Å². The number of nitrogens with one attached hydrogen (secondary N) is 2. The molecule has 0 saturated heterocycles. The first kappa shape index (κ1) is 22.7. The molecule has 0 aliphatic carbocycles. The van der Waals surface area contributed by atoms with Crippen LogP contribution >= 0.6 is 23.1 Å². The van der Waals surface area contributed by atoms with E-state index in [0.29, 0.717) is 34.6 Å². The molecule has 3 aromatic rings. The second-order valence-electron chi connectivity index (χ2n) is 6.38. The molecule has 2 heterocycles. The van der Waals surface area contributed by atoms with Crippen LogP contribution in [-0.4, -0.2) is 56.2 Å². The van der Waals surface area contributed by atoms with Crippen molar-refractivity contribution in [3.63, 3.8) is 0 Å². The van der Waals surface area contributed by atoms with E-state index >= 15 is 0 Å². The number of ether oxygens (including phenoxy) is 1. The predicted molar refractivity (Wildman–Crippen MR) is 119 cm³/mol. The highest BCUT2D eigenvalue weighted by Gasteiger charge is 2.13. The van der Waals surface area contributed by atoms with Crippen molar-refractivity contribution in [3.8, 4) is 5.75 Å². The standard InChI is InChI=1S/C19H23N7O3S2/c1-4-16-23-24-18(31-16)21-15(27)11-30-19-25-22-14(26(19)2)9-10-20-17(28)12-5-7-13(29-3)8-6-12/h5-8H,4,9-11H2,1-3H3,(H,20,28)(H,21,24,27). The first-order valence-electron chi connectivity index (χ1n) is 9.55. The van der Waals surface area contributed by atoms with Gasteiger partial charge >= 0.3 is 0 Å². The Morgan fingerprint density at radius 1 is 1.16 bits per heavy atom. The van der Waals surface area contributed by atoms with Crippen molar-refractivity contribution in [1.82, 2.24) is 30.3 Å². The number of nitrogens with zero attached hydrogens (tertiary/aromatic N) is 5. The van der Waals surface area contributed by atoms with Crippen LogP contribution in [0.3, 0.4) is 0 Å². The molecule has 0 aliphatic heterocycles. The predicted octanol–water partition coefficient (Wildman–Crippen LogP) is 1.94. The Kier molecular flexibility index (Phi) is 7.95. The molecule has 0 unspecified atom stereocenters. The summed E-state index contributed by atoms with van der Waals surface area (Å²) >= 11 is 2.65. The van der Waals surface area contributed by atoms with Crippen LogP contribution in [0.25, 0.3) is 0 Å². The van der Waals surface area contributed by atoms with Crippen LogP contribution in [0.1, 0.15) is 28.1 Å². The monoisotopic (exact) mass is 461 g/mol. The minimum atomic E-state index is -0.180. The topological polar surface area (TPSA) is 124 Å². The van der Waals surface area contributed by atoms with Gasteiger partial charge in [-0.2, -0.15) is 0 Å². The average Bonchev–Trinajstić information content (AvgIpc) is 3.38.